The van der Waals surface area contributed by atoms with Gasteiger partial charge in [-0.2, -0.15) is 13.2 Å². The Balaban J connectivity index is 1.53. The van der Waals surface area contributed by atoms with Gasteiger partial charge in [0.05, 0.1) is 32.9 Å². The summed E-state index contributed by atoms with van der Waals surface area (Å²) in [4.78, 5) is 34.0. The average Bonchev–Trinajstić information content (AvgIpc) is 3.51. The van der Waals surface area contributed by atoms with Crippen LogP contribution in [-0.4, -0.2) is 36.3 Å². The lowest BCUT2D eigenvalue weighted by atomic mass is 9.72. The van der Waals surface area contributed by atoms with Crippen molar-refractivity contribution in [3.63, 3.8) is 0 Å². The number of aromatic nitrogens is 4. The first kappa shape index (κ1) is 22.4. The predicted octanol–water partition coefficient (Wildman–Crippen LogP) is 5.38. The monoisotopic (exact) mass is 499 g/mol. The molecule has 3 aromatic rings. The second-order valence-corrected chi connectivity index (χ2v) is 10.2. The second-order valence-electron chi connectivity index (χ2n) is 9.82. The molecule has 3 unspecified atom stereocenters. The molecule has 2 aromatic heterocycles. The summed E-state index contributed by atoms with van der Waals surface area (Å²) in [5.74, 6) is 0.768. The van der Waals surface area contributed by atoms with Crippen LogP contribution in [0.1, 0.15) is 59.2 Å². The summed E-state index contributed by atoms with van der Waals surface area (Å²) < 4.78 is 40.6. The molecule has 3 atom stereocenters. The summed E-state index contributed by atoms with van der Waals surface area (Å²) in [7, 11) is 0. The van der Waals surface area contributed by atoms with Crippen molar-refractivity contribution in [2.24, 2.45) is 5.92 Å². The van der Waals surface area contributed by atoms with Crippen LogP contribution in [0.3, 0.4) is 0 Å². The predicted molar refractivity (Wildman–Crippen MR) is 122 cm³/mol. The van der Waals surface area contributed by atoms with E-state index < -0.39 is 33.7 Å². The molecule has 1 spiro atoms. The van der Waals surface area contributed by atoms with Gasteiger partial charge in [-0.05, 0) is 57.2 Å². The fraction of sp³-hybridized carbons (Fsp3) is 0.400. The Morgan fingerprint density at radius 3 is 2.63 bits per heavy atom. The Hall–Kier alpha value is -3.07. The van der Waals surface area contributed by atoms with E-state index in [9.17, 15) is 18.0 Å². The number of carbonyl (C=O) groups excluding carboxylic acids is 1. The van der Waals surface area contributed by atoms with Gasteiger partial charge in [-0.3, -0.25) is 4.79 Å². The molecular weight excluding hydrogens is 479 g/mol. The minimum Gasteiger partial charge on any atom is -0.321 e. The van der Waals surface area contributed by atoms with Gasteiger partial charge in [0, 0.05) is 24.4 Å². The summed E-state index contributed by atoms with van der Waals surface area (Å²) in [5, 5.41) is -0.566. The SMILES string of the molecule is Cc1nc(-c2ncccn2)c2c(n1)C1(C)CCC3CC3(C2)N1C(=O)c1cccc(C(F)(F)F)c1Cl. The highest BCUT2D eigenvalue weighted by Crippen LogP contribution is 2.66. The van der Waals surface area contributed by atoms with Gasteiger partial charge in [0.15, 0.2) is 5.82 Å². The van der Waals surface area contributed by atoms with Crippen molar-refractivity contribution in [3.05, 3.63) is 69.9 Å². The molecule has 0 N–H and O–H groups in total. The van der Waals surface area contributed by atoms with Gasteiger partial charge in [0.2, 0.25) is 0 Å². The highest BCUT2D eigenvalue weighted by Gasteiger charge is 2.70. The van der Waals surface area contributed by atoms with Gasteiger partial charge < -0.3 is 4.90 Å². The van der Waals surface area contributed by atoms with E-state index in [2.05, 4.69) is 15.0 Å². The molecule has 1 aromatic carbocycles. The van der Waals surface area contributed by atoms with Crippen LogP contribution in [0.25, 0.3) is 11.5 Å². The number of fused-ring (bicyclic) bond motifs is 3. The van der Waals surface area contributed by atoms with Crippen LogP contribution in [0.5, 0.6) is 0 Å². The normalized spacial score (nSPS) is 26.7. The summed E-state index contributed by atoms with van der Waals surface area (Å²) in [6.45, 7) is 3.72. The van der Waals surface area contributed by atoms with E-state index in [0.29, 0.717) is 35.9 Å². The number of aryl methyl sites for hydroxylation is 1. The number of hydrogen-bond donors (Lipinski definition) is 0. The lowest BCUT2D eigenvalue weighted by molar-refractivity contribution is -0.137. The van der Waals surface area contributed by atoms with Crippen molar-refractivity contribution in [1.29, 1.82) is 0 Å². The number of alkyl halides is 3. The topological polar surface area (TPSA) is 71.9 Å². The minimum atomic E-state index is -4.66. The third kappa shape index (κ3) is 3.13. The lowest BCUT2D eigenvalue weighted by Gasteiger charge is -2.54. The number of rotatable bonds is 2. The Morgan fingerprint density at radius 1 is 1.17 bits per heavy atom. The van der Waals surface area contributed by atoms with Gasteiger partial charge in [0.25, 0.3) is 5.91 Å². The largest absolute Gasteiger partial charge is 0.417 e. The molecule has 1 aliphatic carbocycles. The molecule has 180 valence electrons. The molecule has 1 amide bonds. The molecular formula is C25H21ClF3N5O. The van der Waals surface area contributed by atoms with Crippen molar-refractivity contribution < 1.29 is 18.0 Å². The molecule has 10 heteroatoms. The van der Waals surface area contributed by atoms with Crippen LogP contribution in [0.2, 0.25) is 5.02 Å². The van der Waals surface area contributed by atoms with Gasteiger partial charge in [-0.25, -0.2) is 19.9 Å². The fourth-order valence-electron chi connectivity index (χ4n) is 6.17. The zero-order chi connectivity index (χ0) is 24.8. The zero-order valence-electron chi connectivity index (χ0n) is 19.0. The van der Waals surface area contributed by atoms with Crippen LogP contribution in [0, 0.1) is 12.8 Å². The number of benzene rings is 1. The van der Waals surface area contributed by atoms with Crippen molar-refractivity contribution in [2.45, 2.75) is 56.8 Å². The number of amides is 1. The molecule has 2 bridgehead atoms. The zero-order valence-corrected chi connectivity index (χ0v) is 19.8. The van der Waals surface area contributed by atoms with E-state index in [-0.39, 0.29) is 11.5 Å². The van der Waals surface area contributed by atoms with Crippen LogP contribution in [0.15, 0.2) is 36.7 Å². The second kappa shape index (κ2) is 7.22. The molecule has 3 aliphatic rings. The number of hydrogen-bond acceptors (Lipinski definition) is 5. The Morgan fingerprint density at radius 2 is 1.91 bits per heavy atom. The Kier molecular flexibility index (Phi) is 4.62. The smallest absolute Gasteiger partial charge is 0.321 e. The highest BCUT2D eigenvalue weighted by atomic mass is 35.5. The molecule has 0 radical (unpaired) electrons. The van der Waals surface area contributed by atoms with E-state index in [1.165, 1.54) is 12.1 Å². The van der Waals surface area contributed by atoms with E-state index >= 15 is 0 Å². The van der Waals surface area contributed by atoms with Crippen molar-refractivity contribution >= 4 is 17.5 Å². The van der Waals surface area contributed by atoms with Crippen LogP contribution in [-0.2, 0) is 18.1 Å². The minimum absolute atomic E-state index is 0.138. The molecule has 1 saturated heterocycles. The lowest BCUT2D eigenvalue weighted by Crippen LogP contribution is -2.62. The van der Waals surface area contributed by atoms with Gasteiger partial charge >= 0.3 is 6.18 Å². The third-order valence-corrected chi connectivity index (χ3v) is 8.15. The quantitative estimate of drug-likeness (QED) is 0.473. The number of nitrogens with zero attached hydrogens (tertiary/aromatic N) is 5. The molecule has 2 fully saturated rings. The molecule has 6 nitrogen and oxygen atoms in total. The summed E-state index contributed by atoms with van der Waals surface area (Å²) in [6.07, 6.45) is 1.47. The van der Waals surface area contributed by atoms with Gasteiger partial charge in [-0.15, -0.1) is 0 Å². The van der Waals surface area contributed by atoms with Crippen molar-refractivity contribution in [1.82, 2.24) is 24.8 Å². The maximum Gasteiger partial charge on any atom is 0.417 e. The van der Waals surface area contributed by atoms with Gasteiger partial charge in [-0.1, -0.05) is 17.7 Å². The first-order valence-corrected chi connectivity index (χ1v) is 11.8. The first-order chi connectivity index (χ1) is 16.6. The van der Waals surface area contributed by atoms with Crippen LogP contribution in [0.4, 0.5) is 13.2 Å². The average molecular weight is 500 g/mol. The summed E-state index contributed by atoms with van der Waals surface area (Å²) in [6, 6.07) is 5.23. The van der Waals surface area contributed by atoms with Gasteiger partial charge in [0.1, 0.15) is 11.5 Å². The molecule has 1 saturated carbocycles. The first-order valence-electron chi connectivity index (χ1n) is 11.4. The maximum atomic E-state index is 14.0. The van der Waals surface area contributed by atoms with Crippen molar-refractivity contribution in [3.8, 4) is 11.5 Å². The Bertz CT molecular complexity index is 1380. The van der Waals surface area contributed by atoms with Crippen LogP contribution < -0.4 is 0 Å². The third-order valence-electron chi connectivity index (χ3n) is 7.75. The molecule has 4 heterocycles. The van der Waals surface area contributed by atoms with Crippen molar-refractivity contribution in [2.75, 3.05) is 0 Å². The molecule has 35 heavy (non-hydrogen) atoms. The van der Waals surface area contributed by atoms with E-state index in [1.807, 2.05) is 6.92 Å². The molecule has 2 aliphatic heterocycles. The van der Waals surface area contributed by atoms with E-state index in [4.69, 9.17) is 16.6 Å². The summed E-state index contributed by atoms with van der Waals surface area (Å²) >= 11 is 6.19. The van der Waals surface area contributed by atoms with E-state index in [0.717, 1.165) is 24.5 Å². The maximum absolute atomic E-state index is 14.0. The number of halogens is 4. The van der Waals surface area contributed by atoms with Crippen LogP contribution >= 0.6 is 11.6 Å². The standard InChI is InChI=1S/C25H21ClF3N5O/c1-13-32-19(21-30-9-4-10-31-21)16-12-24-11-14(24)7-8-23(2,20(16)33-13)34(24)22(35)15-5-3-6-17(18(15)26)25(27,28)29/h3-6,9-10,14H,7-8,11-12H2,1-2H3. The molecule has 6 rings (SSSR count). The number of piperidine rings is 1. The van der Waals surface area contributed by atoms with E-state index in [1.54, 1.807) is 30.3 Å². The number of carbonyl (C=O) groups is 1. The fourth-order valence-corrected chi connectivity index (χ4v) is 6.49. The summed E-state index contributed by atoms with van der Waals surface area (Å²) in [5.41, 5.74) is -0.228. The highest BCUT2D eigenvalue weighted by molar-refractivity contribution is 6.34. The Labute approximate surface area is 204 Å².